The van der Waals surface area contributed by atoms with Crippen molar-refractivity contribution in [3.8, 4) is 11.4 Å². The third kappa shape index (κ3) is 4.02. The number of carbonyl (C=O) groups excluding carboxylic acids is 1. The minimum atomic E-state index is -0.327. The number of carbonyl (C=O) groups is 1. The van der Waals surface area contributed by atoms with Gasteiger partial charge in [0, 0.05) is 23.7 Å². The average Bonchev–Trinajstić information content (AvgIpc) is 3.11. The Kier molecular flexibility index (Phi) is 5.49. The van der Waals surface area contributed by atoms with Gasteiger partial charge in [-0.2, -0.15) is 9.36 Å². The van der Waals surface area contributed by atoms with Crippen LogP contribution in [0.5, 0.6) is 5.75 Å². The Bertz CT molecular complexity index is 1310. The molecule has 1 heterocycles. The first-order valence-electron chi connectivity index (χ1n) is 9.87. The molecule has 0 fully saturated rings. The van der Waals surface area contributed by atoms with Gasteiger partial charge in [-0.1, -0.05) is 42.5 Å². The molecule has 0 saturated carbocycles. The first kappa shape index (κ1) is 20.3. The highest BCUT2D eigenvalue weighted by atomic mass is 16.5. The predicted octanol–water partition coefficient (Wildman–Crippen LogP) is 3.39. The van der Waals surface area contributed by atoms with Gasteiger partial charge in [0.05, 0.1) is 5.69 Å². The number of benzene rings is 3. The molecule has 0 unspecified atom stereocenters. The van der Waals surface area contributed by atoms with Crippen molar-refractivity contribution in [2.24, 2.45) is 7.05 Å². The summed E-state index contributed by atoms with van der Waals surface area (Å²) in [6.07, 6.45) is 0. The zero-order valence-corrected chi connectivity index (χ0v) is 17.6. The normalized spacial score (nSPS) is 10.8. The third-order valence-electron chi connectivity index (χ3n) is 5.18. The molecule has 0 N–H and O–H groups in total. The number of hydrogen-bond acceptors (Lipinski definition) is 5. The van der Waals surface area contributed by atoms with Gasteiger partial charge in [0.1, 0.15) is 12.4 Å². The number of ketones is 1. The Hall–Kier alpha value is -4.00. The van der Waals surface area contributed by atoms with Crippen molar-refractivity contribution in [1.29, 1.82) is 0 Å². The summed E-state index contributed by atoms with van der Waals surface area (Å²) in [5.41, 5.74) is 4.23. The third-order valence-corrected chi connectivity index (χ3v) is 5.18. The van der Waals surface area contributed by atoms with Gasteiger partial charge < -0.3 is 4.74 Å². The number of rotatable bonds is 6. The molecule has 4 aromatic rings. The number of ether oxygens (including phenoxy) is 1. The van der Waals surface area contributed by atoms with Crippen molar-refractivity contribution in [2.75, 3.05) is 0 Å². The quantitative estimate of drug-likeness (QED) is 0.452. The Morgan fingerprint density at radius 1 is 0.903 bits per heavy atom. The zero-order valence-electron chi connectivity index (χ0n) is 17.6. The summed E-state index contributed by atoms with van der Waals surface area (Å²) in [6.45, 7) is 4.11. The van der Waals surface area contributed by atoms with E-state index in [0.717, 1.165) is 16.7 Å². The van der Waals surface area contributed by atoms with Gasteiger partial charge in [-0.25, -0.2) is 4.79 Å². The highest BCUT2D eigenvalue weighted by Gasteiger charge is 2.15. The summed E-state index contributed by atoms with van der Waals surface area (Å²) >= 11 is 0. The number of nitrogens with zero attached hydrogens (tertiary/aromatic N) is 4. The zero-order chi connectivity index (χ0) is 22.0. The van der Waals surface area contributed by atoms with Crippen molar-refractivity contribution in [2.45, 2.75) is 20.5 Å². The minimum Gasteiger partial charge on any atom is -0.489 e. The second-order valence-electron chi connectivity index (χ2n) is 7.33. The monoisotopic (exact) mass is 414 g/mol. The van der Waals surface area contributed by atoms with E-state index in [1.807, 2.05) is 56.3 Å². The Labute approximate surface area is 179 Å². The van der Waals surface area contributed by atoms with Crippen LogP contribution in [0.1, 0.15) is 32.6 Å². The second kappa shape index (κ2) is 8.39. The van der Waals surface area contributed by atoms with Crippen LogP contribution in [-0.2, 0) is 13.7 Å². The van der Waals surface area contributed by atoms with E-state index >= 15 is 0 Å². The lowest BCUT2D eigenvalue weighted by atomic mass is 10.0. The van der Waals surface area contributed by atoms with E-state index in [0.29, 0.717) is 22.6 Å². The van der Waals surface area contributed by atoms with Crippen LogP contribution in [0.25, 0.3) is 5.69 Å². The van der Waals surface area contributed by atoms with Crippen LogP contribution in [0.15, 0.2) is 71.5 Å². The van der Waals surface area contributed by atoms with Crippen LogP contribution in [0.3, 0.4) is 0 Å². The Balaban J connectivity index is 1.59. The molecular weight excluding hydrogens is 392 g/mol. The number of tetrazole rings is 1. The lowest BCUT2D eigenvalue weighted by Gasteiger charge is -2.14. The molecular formula is C24H22N4O3. The van der Waals surface area contributed by atoms with Gasteiger partial charge in [-0.3, -0.25) is 4.79 Å². The largest absolute Gasteiger partial charge is 0.489 e. The summed E-state index contributed by atoms with van der Waals surface area (Å²) < 4.78 is 8.52. The topological polar surface area (TPSA) is 79.0 Å². The summed E-state index contributed by atoms with van der Waals surface area (Å²) in [6, 6.07) is 20.2. The molecule has 7 nitrogen and oxygen atoms in total. The van der Waals surface area contributed by atoms with Gasteiger partial charge in [0.2, 0.25) is 0 Å². The van der Waals surface area contributed by atoms with Gasteiger partial charge in [0.15, 0.2) is 5.78 Å². The minimum absolute atomic E-state index is 0.0292. The van der Waals surface area contributed by atoms with Crippen LogP contribution < -0.4 is 10.4 Å². The molecule has 31 heavy (non-hydrogen) atoms. The molecule has 7 heteroatoms. The van der Waals surface area contributed by atoms with Crippen LogP contribution in [0, 0.1) is 13.8 Å². The summed E-state index contributed by atoms with van der Waals surface area (Å²) in [7, 11) is 1.56. The smallest absolute Gasteiger partial charge is 0.368 e. The van der Waals surface area contributed by atoms with Crippen molar-refractivity contribution < 1.29 is 9.53 Å². The maximum atomic E-state index is 12.7. The molecule has 0 spiro atoms. The fourth-order valence-corrected chi connectivity index (χ4v) is 3.40. The van der Waals surface area contributed by atoms with E-state index in [9.17, 15) is 9.59 Å². The molecule has 0 aliphatic heterocycles. The molecule has 1 aromatic heterocycles. The first-order chi connectivity index (χ1) is 15.0. The Morgan fingerprint density at radius 3 is 2.35 bits per heavy atom. The van der Waals surface area contributed by atoms with Crippen LogP contribution >= 0.6 is 0 Å². The van der Waals surface area contributed by atoms with Gasteiger partial charge >= 0.3 is 5.69 Å². The van der Waals surface area contributed by atoms with Crippen LogP contribution in [0.2, 0.25) is 0 Å². The number of aryl methyl sites for hydroxylation is 3. The molecule has 0 radical (unpaired) electrons. The summed E-state index contributed by atoms with van der Waals surface area (Å²) in [4.78, 5) is 25.0. The van der Waals surface area contributed by atoms with Crippen molar-refractivity contribution in [1.82, 2.24) is 19.8 Å². The van der Waals surface area contributed by atoms with E-state index in [-0.39, 0.29) is 18.1 Å². The van der Waals surface area contributed by atoms with Crippen molar-refractivity contribution >= 4 is 5.78 Å². The maximum Gasteiger partial charge on any atom is 0.368 e. The maximum absolute atomic E-state index is 12.7. The van der Waals surface area contributed by atoms with Gasteiger partial charge in [0.25, 0.3) is 0 Å². The number of aromatic nitrogens is 4. The molecule has 0 bridgehead atoms. The van der Waals surface area contributed by atoms with Crippen LogP contribution in [-0.4, -0.2) is 25.6 Å². The highest BCUT2D eigenvalue weighted by Crippen LogP contribution is 2.24. The second-order valence-corrected chi connectivity index (χ2v) is 7.33. The lowest BCUT2D eigenvalue weighted by molar-refractivity contribution is 0.103. The van der Waals surface area contributed by atoms with Crippen molar-refractivity contribution in [3.63, 3.8) is 0 Å². The average molecular weight is 414 g/mol. The van der Waals surface area contributed by atoms with Gasteiger partial charge in [-0.15, -0.1) is 0 Å². The van der Waals surface area contributed by atoms with Crippen molar-refractivity contribution in [3.05, 3.63) is 105 Å². The standard InChI is InChI=1S/C24H22N4O3/c1-16-8-7-11-21(28-24(30)27(3)25-26-28)20(16)15-31-22-13-12-19(14-17(22)2)23(29)18-9-5-4-6-10-18/h4-14H,15H2,1-3H3. The SMILES string of the molecule is Cc1cc(C(=O)c2ccccc2)ccc1OCc1c(C)cccc1-n1nnn(C)c1=O. The molecule has 4 rings (SSSR count). The molecule has 0 atom stereocenters. The van der Waals surface area contributed by atoms with E-state index in [1.54, 1.807) is 31.3 Å². The molecule has 0 aliphatic rings. The van der Waals surface area contributed by atoms with E-state index in [4.69, 9.17) is 4.74 Å². The van der Waals surface area contributed by atoms with E-state index in [2.05, 4.69) is 10.4 Å². The molecule has 0 aliphatic carbocycles. The molecule has 0 saturated heterocycles. The highest BCUT2D eigenvalue weighted by molar-refractivity contribution is 6.09. The molecule has 156 valence electrons. The number of hydrogen-bond donors (Lipinski definition) is 0. The molecule has 3 aromatic carbocycles. The first-order valence-corrected chi connectivity index (χ1v) is 9.87. The van der Waals surface area contributed by atoms with E-state index < -0.39 is 0 Å². The lowest BCUT2D eigenvalue weighted by Crippen LogP contribution is -2.23. The predicted molar refractivity (Wildman–Crippen MR) is 117 cm³/mol. The van der Waals surface area contributed by atoms with E-state index in [1.165, 1.54) is 9.36 Å². The molecule has 0 amide bonds. The summed E-state index contributed by atoms with van der Waals surface area (Å²) in [5.74, 6) is 0.642. The Morgan fingerprint density at radius 2 is 1.68 bits per heavy atom. The van der Waals surface area contributed by atoms with Crippen LogP contribution in [0.4, 0.5) is 0 Å². The summed E-state index contributed by atoms with van der Waals surface area (Å²) in [5, 5.41) is 7.74. The van der Waals surface area contributed by atoms with Gasteiger partial charge in [-0.05, 0) is 59.7 Å². The fourth-order valence-electron chi connectivity index (χ4n) is 3.40. The fraction of sp³-hybridized carbons (Fsp3) is 0.167.